The van der Waals surface area contributed by atoms with Crippen molar-refractivity contribution in [2.45, 2.75) is 43.9 Å². The van der Waals surface area contributed by atoms with Gasteiger partial charge in [0.25, 0.3) is 0 Å². The Kier molecular flexibility index (Phi) is 6.00. The molecule has 0 aliphatic carbocycles. The van der Waals surface area contributed by atoms with Crippen LogP contribution in [0.25, 0.3) is 11.2 Å². The van der Waals surface area contributed by atoms with Crippen molar-refractivity contribution in [3.05, 3.63) is 34.0 Å². The number of ether oxygens (including phenoxy) is 2. The molecule has 4 rings (SSSR count). The van der Waals surface area contributed by atoms with Crippen LogP contribution in [0.2, 0.25) is 4.34 Å². The normalized spacial score (nSPS) is 25.6. The van der Waals surface area contributed by atoms with Gasteiger partial charge >= 0.3 is 0 Å². The number of nitrogens with one attached hydrogen (secondary N) is 1. The molecule has 0 saturated carbocycles. The monoisotopic (exact) mass is 439 g/mol. The first-order valence-electron chi connectivity index (χ1n) is 9.17. The first kappa shape index (κ1) is 20.5. The Labute approximate surface area is 176 Å². The lowest BCUT2D eigenvalue weighted by Gasteiger charge is -2.20. The summed E-state index contributed by atoms with van der Waals surface area (Å²) in [6.45, 7) is 1.75. The third-order valence-electron chi connectivity index (χ3n) is 4.92. The van der Waals surface area contributed by atoms with Crippen LogP contribution in [-0.2, 0) is 15.9 Å². The Morgan fingerprint density at radius 2 is 2.21 bits per heavy atom. The van der Waals surface area contributed by atoms with Crippen molar-refractivity contribution in [3.63, 3.8) is 0 Å². The standard InChI is InChI=1S/C18H22ClN5O4S/c1-9(5-10-3-4-12(19)29-10)23-16-13-17(21-7-20-16)24(8-22-13)18-15(27-2)14(26)11(6-25)28-18/h3-4,7-9,11,14-15,18,25-26H,5-6H2,1-2H3,(H,20,21,23)/t9-,11-,14?,15?,18-/m1/s1. The summed E-state index contributed by atoms with van der Waals surface area (Å²) >= 11 is 7.57. The first-order valence-corrected chi connectivity index (χ1v) is 10.4. The number of fused-ring (bicyclic) bond motifs is 1. The van der Waals surface area contributed by atoms with Crippen LogP contribution in [0.5, 0.6) is 0 Å². The molecule has 3 N–H and O–H groups in total. The highest BCUT2D eigenvalue weighted by atomic mass is 35.5. The molecule has 3 aromatic rings. The van der Waals surface area contributed by atoms with E-state index in [1.54, 1.807) is 22.2 Å². The second-order valence-electron chi connectivity index (χ2n) is 6.94. The van der Waals surface area contributed by atoms with E-state index in [-0.39, 0.29) is 12.6 Å². The molecule has 1 aliphatic rings. The fraction of sp³-hybridized carbons (Fsp3) is 0.500. The van der Waals surface area contributed by atoms with E-state index in [2.05, 4.69) is 27.2 Å². The molecular formula is C18H22ClN5O4S. The summed E-state index contributed by atoms with van der Waals surface area (Å²) in [5, 5.41) is 23.1. The lowest BCUT2D eigenvalue weighted by Crippen LogP contribution is -2.34. The van der Waals surface area contributed by atoms with Gasteiger partial charge in [0.2, 0.25) is 0 Å². The van der Waals surface area contributed by atoms with E-state index in [0.717, 1.165) is 10.8 Å². The summed E-state index contributed by atoms with van der Waals surface area (Å²) in [4.78, 5) is 14.3. The Morgan fingerprint density at radius 3 is 2.90 bits per heavy atom. The maximum atomic E-state index is 10.3. The molecule has 1 saturated heterocycles. The molecule has 0 radical (unpaired) electrons. The summed E-state index contributed by atoms with van der Waals surface area (Å²) < 4.78 is 13.6. The minimum atomic E-state index is -0.954. The lowest BCUT2D eigenvalue weighted by molar-refractivity contribution is -0.0583. The molecule has 4 heterocycles. The lowest BCUT2D eigenvalue weighted by atomic mass is 10.1. The van der Waals surface area contributed by atoms with Crippen molar-refractivity contribution in [3.8, 4) is 0 Å². The number of anilines is 1. The van der Waals surface area contributed by atoms with Gasteiger partial charge in [-0.3, -0.25) is 4.57 Å². The van der Waals surface area contributed by atoms with Crippen LogP contribution in [0.3, 0.4) is 0 Å². The molecular weight excluding hydrogens is 418 g/mol. The smallest absolute Gasteiger partial charge is 0.167 e. The van der Waals surface area contributed by atoms with Gasteiger partial charge in [-0.15, -0.1) is 11.3 Å². The van der Waals surface area contributed by atoms with Crippen molar-refractivity contribution in [1.82, 2.24) is 19.5 Å². The Morgan fingerprint density at radius 1 is 1.38 bits per heavy atom. The molecule has 1 fully saturated rings. The van der Waals surface area contributed by atoms with E-state index in [1.165, 1.54) is 18.3 Å². The zero-order chi connectivity index (χ0) is 20.5. The molecule has 3 aromatic heterocycles. The number of thiophene rings is 1. The predicted octanol–water partition coefficient (Wildman–Crippen LogP) is 1.85. The molecule has 0 amide bonds. The molecule has 0 spiro atoms. The molecule has 29 heavy (non-hydrogen) atoms. The van der Waals surface area contributed by atoms with Gasteiger partial charge in [-0.2, -0.15) is 0 Å². The number of hydrogen-bond acceptors (Lipinski definition) is 9. The van der Waals surface area contributed by atoms with Crippen molar-refractivity contribution in [1.29, 1.82) is 0 Å². The minimum absolute atomic E-state index is 0.100. The van der Waals surface area contributed by atoms with E-state index in [0.29, 0.717) is 17.0 Å². The van der Waals surface area contributed by atoms with Crippen LogP contribution in [0.15, 0.2) is 24.8 Å². The van der Waals surface area contributed by atoms with Gasteiger partial charge < -0.3 is 25.0 Å². The quantitative estimate of drug-likeness (QED) is 0.511. The Balaban J connectivity index is 1.58. The molecule has 0 bridgehead atoms. The van der Waals surface area contributed by atoms with Crippen LogP contribution in [0.1, 0.15) is 18.0 Å². The predicted molar refractivity (Wildman–Crippen MR) is 109 cm³/mol. The third kappa shape index (κ3) is 3.96. The summed E-state index contributed by atoms with van der Waals surface area (Å²) in [5.74, 6) is 0.607. The van der Waals surface area contributed by atoms with Crippen molar-refractivity contribution in [2.24, 2.45) is 0 Å². The average Bonchev–Trinajstić information content (AvgIpc) is 3.38. The minimum Gasteiger partial charge on any atom is -0.394 e. The van der Waals surface area contributed by atoms with E-state index in [9.17, 15) is 10.2 Å². The van der Waals surface area contributed by atoms with Crippen LogP contribution < -0.4 is 5.32 Å². The van der Waals surface area contributed by atoms with Crippen LogP contribution >= 0.6 is 22.9 Å². The summed E-state index contributed by atoms with van der Waals surface area (Å²) in [5.41, 5.74) is 1.13. The first-order chi connectivity index (χ1) is 14.0. The fourth-order valence-electron chi connectivity index (χ4n) is 3.54. The Bertz CT molecular complexity index is 982. The highest BCUT2D eigenvalue weighted by molar-refractivity contribution is 7.16. The number of imidazole rings is 1. The van der Waals surface area contributed by atoms with Gasteiger partial charge in [-0.1, -0.05) is 11.6 Å². The van der Waals surface area contributed by atoms with Crippen molar-refractivity contribution in [2.75, 3.05) is 19.0 Å². The molecule has 156 valence electrons. The van der Waals surface area contributed by atoms with Gasteiger partial charge in [0, 0.05) is 24.4 Å². The van der Waals surface area contributed by atoms with Crippen LogP contribution in [-0.4, -0.2) is 67.8 Å². The van der Waals surface area contributed by atoms with Crippen LogP contribution in [0.4, 0.5) is 5.82 Å². The highest BCUT2D eigenvalue weighted by Crippen LogP contribution is 2.34. The van der Waals surface area contributed by atoms with Gasteiger partial charge in [-0.25, -0.2) is 15.0 Å². The van der Waals surface area contributed by atoms with E-state index >= 15 is 0 Å². The number of rotatable bonds is 7. The van der Waals surface area contributed by atoms with Gasteiger partial charge in [0.1, 0.15) is 24.6 Å². The molecule has 2 unspecified atom stereocenters. The van der Waals surface area contributed by atoms with E-state index < -0.39 is 24.5 Å². The molecule has 11 heteroatoms. The Hall–Kier alpha value is -1.82. The maximum absolute atomic E-state index is 10.3. The number of nitrogens with zero attached hydrogens (tertiary/aromatic N) is 4. The summed E-state index contributed by atoms with van der Waals surface area (Å²) in [7, 11) is 1.49. The second kappa shape index (κ2) is 8.50. The summed E-state index contributed by atoms with van der Waals surface area (Å²) in [6.07, 6.45) is 0.824. The molecule has 5 atom stereocenters. The number of methoxy groups -OCH3 is 1. The third-order valence-corrected chi connectivity index (χ3v) is 6.17. The zero-order valence-electron chi connectivity index (χ0n) is 15.9. The SMILES string of the molecule is COC1C(O)[C@@H](CO)O[C@H]1n1cnc2c(N[C@H](C)Cc3ccc(Cl)s3)ncnc21. The topological polar surface area (TPSA) is 115 Å². The van der Waals surface area contributed by atoms with E-state index in [1.807, 2.05) is 12.1 Å². The van der Waals surface area contributed by atoms with Gasteiger partial charge in [0.05, 0.1) is 17.3 Å². The molecule has 9 nitrogen and oxygen atoms in total. The highest BCUT2D eigenvalue weighted by Gasteiger charge is 2.45. The number of hydrogen-bond donors (Lipinski definition) is 3. The molecule has 0 aromatic carbocycles. The second-order valence-corrected chi connectivity index (χ2v) is 8.74. The zero-order valence-corrected chi connectivity index (χ0v) is 17.5. The number of aromatic nitrogens is 4. The van der Waals surface area contributed by atoms with Gasteiger partial charge in [-0.05, 0) is 19.1 Å². The largest absolute Gasteiger partial charge is 0.394 e. The average molecular weight is 440 g/mol. The van der Waals surface area contributed by atoms with Crippen LogP contribution in [0, 0.1) is 0 Å². The van der Waals surface area contributed by atoms with E-state index in [4.69, 9.17) is 21.1 Å². The maximum Gasteiger partial charge on any atom is 0.167 e. The van der Waals surface area contributed by atoms with Crippen molar-refractivity contribution >= 4 is 39.9 Å². The number of aliphatic hydroxyl groups excluding tert-OH is 2. The fourth-order valence-corrected chi connectivity index (χ4v) is 4.76. The molecule has 1 aliphatic heterocycles. The number of halogens is 1. The van der Waals surface area contributed by atoms with Gasteiger partial charge in [0.15, 0.2) is 23.2 Å². The van der Waals surface area contributed by atoms with Crippen molar-refractivity contribution < 1.29 is 19.7 Å². The summed E-state index contributed by atoms with van der Waals surface area (Å²) in [6, 6.07) is 4.00. The number of aliphatic hydroxyl groups is 2.